The van der Waals surface area contributed by atoms with Crippen molar-refractivity contribution in [2.24, 2.45) is 9.98 Å². The van der Waals surface area contributed by atoms with E-state index >= 15 is 0 Å². The maximum absolute atomic E-state index is 11.4. The number of rotatable bonds is 4. The van der Waals surface area contributed by atoms with E-state index in [-0.39, 0.29) is 5.91 Å². The maximum Gasteiger partial charge on any atom is 0.247 e. The SMILES string of the molecule is C=CC(=O)Nc1cccc(-c2ccc(C)c(N=C(C)N=C)c2)c1. The van der Waals surface area contributed by atoms with Crippen LogP contribution in [0.3, 0.4) is 0 Å². The number of aryl methyl sites for hydroxylation is 1. The maximum atomic E-state index is 11.4. The number of hydrogen-bond donors (Lipinski definition) is 1. The smallest absolute Gasteiger partial charge is 0.247 e. The Balaban J connectivity index is 2.40. The molecule has 0 heterocycles. The highest BCUT2D eigenvalue weighted by atomic mass is 16.1. The van der Waals surface area contributed by atoms with E-state index in [9.17, 15) is 4.79 Å². The summed E-state index contributed by atoms with van der Waals surface area (Å²) < 4.78 is 0. The van der Waals surface area contributed by atoms with Gasteiger partial charge in [-0.1, -0.05) is 30.8 Å². The highest BCUT2D eigenvalue weighted by Gasteiger charge is 2.04. The van der Waals surface area contributed by atoms with Crippen molar-refractivity contribution >= 4 is 29.8 Å². The van der Waals surface area contributed by atoms with Crippen LogP contribution in [0.25, 0.3) is 11.1 Å². The summed E-state index contributed by atoms with van der Waals surface area (Å²) in [5.74, 6) is 0.390. The quantitative estimate of drug-likeness (QED) is 0.503. The van der Waals surface area contributed by atoms with Gasteiger partial charge in [-0.05, 0) is 61.5 Å². The Bertz CT molecular complexity index is 791. The summed E-state index contributed by atoms with van der Waals surface area (Å²) in [4.78, 5) is 19.7. The monoisotopic (exact) mass is 305 g/mol. The number of amides is 1. The average molecular weight is 305 g/mol. The second-order valence-electron chi connectivity index (χ2n) is 5.09. The Morgan fingerprint density at radius 2 is 1.91 bits per heavy atom. The van der Waals surface area contributed by atoms with Gasteiger partial charge < -0.3 is 5.32 Å². The van der Waals surface area contributed by atoms with Crippen LogP contribution in [0, 0.1) is 6.92 Å². The molecule has 0 aliphatic carbocycles. The van der Waals surface area contributed by atoms with Gasteiger partial charge in [-0.25, -0.2) is 9.98 Å². The summed E-state index contributed by atoms with van der Waals surface area (Å²) >= 11 is 0. The highest BCUT2D eigenvalue weighted by molar-refractivity contribution is 5.99. The number of carbonyl (C=O) groups is 1. The van der Waals surface area contributed by atoms with E-state index in [0.29, 0.717) is 5.84 Å². The molecule has 0 radical (unpaired) electrons. The minimum Gasteiger partial charge on any atom is -0.323 e. The highest BCUT2D eigenvalue weighted by Crippen LogP contribution is 2.29. The standard InChI is InChI=1S/C19H19N3O/c1-5-19(23)22-17-8-6-7-15(11-17)16-10-9-13(2)18(12-16)21-14(3)20-4/h5-12H,1,4H2,2-3H3,(H,22,23). The van der Waals surface area contributed by atoms with Crippen LogP contribution in [-0.2, 0) is 4.79 Å². The molecule has 116 valence electrons. The number of nitrogens with one attached hydrogen (secondary N) is 1. The molecule has 4 heteroatoms. The molecule has 2 aromatic rings. The van der Waals surface area contributed by atoms with E-state index in [4.69, 9.17) is 0 Å². The first-order valence-corrected chi connectivity index (χ1v) is 7.20. The van der Waals surface area contributed by atoms with E-state index in [1.165, 1.54) is 6.08 Å². The second-order valence-corrected chi connectivity index (χ2v) is 5.09. The normalized spacial score (nSPS) is 11.0. The van der Waals surface area contributed by atoms with E-state index in [0.717, 1.165) is 28.1 Å². The van der Waals surface area contributed by atoms with Gasteiger partial charge in [-0.3, -0.25) is 4.79 Å². The first-order chi connectivity index (χ1) is 11.0. The summed E-state index contributed by atoms with van der Waals surface area (Å²) in [7, 11) is 0. The largest absolute Gasteiger partial charge is 0.323 e. The lowest BCUT2D eigenvalue weighted by atomic mass is 10.0. The van der Waals surface area contributed by atoms with Crippen LogP contribution in [0.5, 0.6) is 0 Å². The van der Waals surface area contributed by atoms with Crippen LogP contribution in [0.4, 0.5) is 11.4 Å². The summed E-state index contributed by atoms with van der Waals surface area (Å²) in [6.45, 7) is 10.7. The minimum absolute atomic E-state index is 0.232. The van der Waals surface area contributed by atoms with Gasteiger partial charge in [0.1, 0.15) is 5.84 Å². The summed E-state index contributed by atoms with van der Waals surface area (Å²) in [6.07, 6.45) is 1.25. The van der Waals surface area contributed by atoms with Crippen molar-refractivity contribution in [2.75, 3.05) is 5.32 Å². The summed E-state index contributed by atoms with van der Waals surface area (Å²) in [6, 6.07) is 13.7. The number of carbonyl (C=O) groups excluding carboxylic acids is 1. The summed E-state index contributed by atoms with van der Waals surface area (Å²) in [5.41, 5.74) is 4.65. The zero-order chi connectivity index (χ0) is 16.8. The third kappa shape index (κ3) is 4.23. The van der Waals surface area contributed by atoms with Crippen LogP contribution < -0.4 is 5.32 Å². The Kier molecular flexibility index (Phi) is 5.20. The summed E-state index contributed by atoms with van der Waals surface area (Å²) in [5, 5.41) is 2.76. The van der Waals surface area contributed by atoms with Gasteiger partial charge in [-0.15, -0.1) is 0 Å². The van der Waals surface area contributed by atoms with Crippen LogP contribution in [0.15, 0.2) is 65.1 Å². The molecule has 0 saturated carbocycles. The fourth-order valence-electron chi connectivity index (χ4n) is 2.09. The number of benzene rings is 2. The molecule has 0 saturated heterocycles. The predicted molar refractivity (Wildman–Crippen MR) is 97.8 cm³/mol. The van der Waals surface area contributed by atoms with Gasteiger partial charge in [0.25, 0.3) is 0 Å². The molecule has 23 heavy (non-hydrogen) atoms. The molecule has 1 amide bonds. The first kappa shape index (κ1) is 16.4. The second kappa shape index (κ2) is 7.31. The zero-order valence-corrected chi connectivity index (χ0v) is 13.3. The van der Waals surface area contributed by atoms with E-state index in [1.807, 2.05) is 56.3 Å². The molecule has 0 aliphatic heterocycles. The average Bonchev–Trinajstić information content (AvgIpc) is 2.56. The molecule has 0 unspecified atom stereocenters. The van der Waals surface area contributed by atoms with Crippen LogP contribution in [0.2, 0.25) is 0 Å². The van der Waals surface area contributed by atoms with Crippen LogP contribution in [0.1, 0.15) is 12.5 Å². The van der Waals surface area contributed by atoms with Gasteiger partial charge in [0.05, 0.1) is 5.69 Å². The minimum atomic E-state index is -0.232. The molecular formula is C19H19N3O. The molecule has 0 aromatic heterocycles. The topological polar surface area (TPSA) is 53.8 Å². The number of aliphatic imine (C=N–C) groups is 2. The van der Waals surface area contributed by atoms with Crippen molar-refractivity contribution < 1.29 is 4.79 Å². The van der Waals surface area contributed by atoms with Crippen molar-refractivity contribution in [3.63, 3.8) is 0 Å². The van der Waals surface area contributed by atoms with Crippen LogP contribution in [-0.4, -0.2) is 18.5 Å². The zero-order valence-electron chi connectivity index (χ0n) is 13.3. The molecule has 2 aromatic carbocycles. The van der Waals surface area contributed by atoms with Crippen molar-refractivity contribution in [3.8, 4) is 11.1 Å². The van der Waals surface area contributed by atoms with Crippen molar-refractivity contribution in [3.05, 3.63) is 60.7 Å². The van der Waals surface area contributed by atoms with Crippen molar-refractivity contribution in [2.45, 2.75) is 13.8 Å². The number of hydrogen-bond acceptors (Lipinski definition) is 2. The van der Waals surface area contributed by atoms with E-state index in [2.05, 4.69) is 28.6 Å². The Labute approximate surface area is 136 Å². The Hall–Kier alpha value is -3.01. The molecule has 0 spiro atoms. The molecule has 0 fully saturated rings. The molecule has 2 rings (SSSR count). The molecule has 0 aliphatic rings. The Morgan fingerprint density at radius 1 is 1.17 bits per heavy atom. The van der Waals surface area contributed by atoms with Crippen molar-refractivity contribution in [1.82, 2.24) is 0 Å². The van der Waals surface area contributed by atoms with Gasteiger partial charge in [0, 0.05) is 5.69 Å². The third-order valence-corrected chi connectivity index (χ3v) is 3.37. The molecule has 0 bridgehead atoms. The lowest BCUT2D eigenvalue weighted by Crippen LogP contribution is -2.06. The van der Waals surface area contributed by atoms with E-state index in [1.54, 1.807) is 0 Å². The molecule has 1 N–H and O–H groups in total. The third-order valence-electron chi connectivity index (χ3n) is 3.37. The van der Waals surface area contributed by atoms with Crippen molar-refractivity contribution in [1.29, 1.82) is 0 Å². The van der Waals surface area contributed by atoms with Gasteiger partial charge in [0.15, 0.2) is 0 Å². The Morgan fingerprint density at radius 3 is 2.61 bits per heavy atom. The van der Waals surface area contributed by atoms with Gasteiger partial charge in [-0.2, -0.15) is 0 Å². The predicted octanol–water partition coefficient (Wildman–Crippen LogP) is 4.54. The molecular weight excluding hydrogens is 286 g/mol. The van der Waals surface area contributed by atoms with E-state index < -0.39 is 0 Å². The number of amidine groups is 1. The molecule has 0 atom stereocenters. The van der Waals surface area contributed by atoms with Gasteiger partial charge >= 0.3 is 0 Å². The number of anilines is 1. The lowest BCUT2D eigenvalue weighted by molar-refractivity contribution is -0.111. The molecule has 4 nitrogen and oxygen atoms in total. The van der Waals surface area contributed by atoms with Crippen LogP contribution >= 0.6 is 0 Å². The van der Waals surface area contributed by atoms with Gasteiger partial charge in [0.2, 0.25) is 5.91 Å². The fourth-order valence-corrected chi connectivity index (χ4v) is 2.09. The first-order valence-electron chi connectivity index (χ1n) is 7.20. The fraction of sp³-hybridized carbons (Fsp3) is 0.105. The lowest BCUT2D eigenvalue weighted by Gasteiger charge is -2.08. The number of nitrogens with zero attached hydrogens (tertiary/aromatic N) is 2.